The zero-order chi connectivity index (χ0) is 25.8. The lowest BCUT2D eigenvalue weighted by Crippen LogP contribution is -2.09. The molecule has 0 N–H and O–H groups in total. The molecule has 0 saturated carbocycles. The molecule has 0 radical (unpaired) electrons. The Bertz CT molecular complexity index is 1930. The summed E-state index contributed by atoms with van der Waals surface area (Å²) in [6.07, 6.45) is 0. The minimum atomic E-state index is 0.881. The Morgan fingerprint density at radius 1 is 0.462 bits per heavy atom. The Labute approximate surface area is 226 Å². The van der Waals surface area contributed by atoms with E-state index in [1.165, 1.54) is 27.4 Å². The van der Waals surface area contributed by atoms with E-state index in [1.807, 2.05) is 12.1 Å². The number of benzene rings is 6. The fourth-order valence-electron chi connectivity index (χ4n) is 5.80. The highest BCUT2D eigenvalue weighted by Gasteiger charge is 2.23. The van der Waals surface area contributed by atoms with E-state index in [2.05, 4.69) is 143 Å². The minimum absolute atomic E-state index is 0.881. The number of para-hydroxylation sites is 5. The summed E-state index contributed by atoms with van der Waals surface area (Å²) in [5, 5.41) is 2.44. The maximum absolute atomic E-state index is 6.28. The van der Waals surface area contributed by atoms with Gasteiger partial charge in [-0.3, -0.25) is 0 Å². The number of hydrogen-bond donors (Lipinski definition) is 0. The Kier molecular flexibility index (Phi) is 4.82. The standard InChI is InChI=1S/C36H24N2O/c1-3-10-27(11-4-1)37(28-12-5-2-6-13-28)29-21-18-25(19-22-29)26-20-23-30-31-14-9-17-35-36(31)38(33(30)24-26)32-15-7-8-16-34(32)39-35/h1-24H. The Morgan fingerprint density at radius 2 is 1.08 bits per heavy atom. The summed E-state index contributed by atoms with van der Waals surface area (Å²) in [6.45, 7) is 0. The largest absolute Gasteiger partial charge is 0.453 e. The molecule has 0 aliphatic carbocycles. The number of hydrogen-bond acceptors (Lipinski definition) is 2. The quantitative estimate of drug-likeness (QED) is 0.239. The monoisotopic (exact) mass is 500 g/mol. The van der Waals surface area contributed by atoms with E-state index in [-0.39, 0.29) is 0 Å². The van der Waals surface area contributed by atoms with Gasteiger partial charge < -0.3 is 14.2 Å². The molecule has 3 nitrogen and oxygen atoms in total. The molecule has 0 fully saturated rings. The number of nitrogens with zero attached hydrogens (tertiary/aromatic N) is 2. The second-order valence-electron chi connectivity index (χ2n) is 9.84. The lowest BCUT2D eigenvalue weighted by Gasteiger charge is -2.25. The molecular formula is C36H24N2O. The summed E-state index contributed by atoms with van der Waals surface area (Å²) in [6, 6.07) is 51.2. The van der Waals surface area contributed by atoms with Crippen molar-refractivity contribution in [2.75, 3.05) is 4.90 Å². The molecule has 1 aliphatic rings. The first kappa shape index (κ1) is 21.8. The molecular weight excluding hydrogens is 476 g/mol. The zero-order valence-electron chi connectivity index (χ0n) is 21.2. The Balaban J connectivity index is 1.26. The van der Waals surface area contributed by atoms with Crippen LogP contribution in [0.3, 0.4) is 0 Å². The second-order valence-corrected chi connectivity index (χ2v) is 9.84. The zero-order valence-corrected chi connectivity index (χ0v) is 21.2. The predicted molar refractivity (Wildman–Crippen MR) is 161 cm³/mol. The highest BCUT2D eigenvalue weighted by atomic mass is 16.5. The van der Waals surface area contributed by atoms with Crippen molar-refractivity contribution < 1.29 is 4.74 Å². The number of fused-ring (bicyclic) bond motifs is 5. The lowest BCUT2D eigenvalue weighted by molar-refractivity contribution is 0.476. The van der Waals surface area contributed by atoms with E-state index in [0.717, 1.165) is 39.8 Å². The van der Waals surface area contributed by atoms with Crippen molar-refractivity contribution in [1.82, 2.24) is 4.57 Å². The maximum atomic E-state index is 6.28. The van der Waals surface area contributed by atoms with Gasteiger partial charge in [0.05, 0.1) is 16.7 Å². The molecule has 2 heterocycles. The smallest absolute Gasteiger partial charge is 0.152 e. The van der Waals surface area contributed by atoms with Crippen molar-refractivity contribution in [1.29, 1.82) is 0 Å². The first-order valence-electron chi connectivity index (χ1n) is 13.2. The highest BCUT2D eigenvalue weighted by Crippen LogP contribution is 2.46. The summed E-state index contributed by atoms with van der Waals surface area (Å²) in [5.41, 5.74) is 9.14. The summed E-state index contributed by atoms with van der Waals surface area (Å²) in [4.78, 5) is 2.29. The van der Waals surface area contributed by atoms with Crippen LogP contribution in [-0.4, -0.2) is 4.57 Å². The minimum Gasteiger partial charge on any atom is -0.453 e. The topological polar surface area (TPSA) is 17.4 Å². The van der Waals surface area contributed by atoms with Crippen LogP contribution in [0, 0.1) is 0 Å². The van der Waals surface area contributed by atoms with Gasteiger partial charge in [-0.25, -0.2) is 0 Å². The van der Waals surface area contributed by atoms with Crippen molar-refractivity contribution in [3.63, 3.8) is 0 Å². The van der Waals surface area contributed by atoms with E-state index < -0.39 is 0 Å². The van der Waals surface area contributed by atoms with Gasteiger partial charge in [-0.1, -0.05) is 84.9 Å². The summed E-state index contributed by atoms with van der Waals surface area (Å²) < 4.78 is 8.63. The van der Waals surface area contributed by atoms with Gasteiger partial charge in [0.15, 0.2) is 11.5 Å². The van der Waals surface area contributed by atoms with Crippen LogP contribution in [0.2, 0.25) is 0 Å². The van der Waals surface area contributed by atoms with E-state index in [1.54, 1.807) is 0 Å². The van der Waals surface area contributed by atoms with Gasteiger partial charge in [-0.2, -0.15) is 0 Å². The van der Waals surface area contributed by atoms with Gasteiger partial charge >= 0.3 is 0 Å². The second kappa shape index (κ2) is 8.64. The van der Waals surface area contributed by atoms with Gasteiger partial charge in [0.25, 0.3) is 0 Å². The third-order valence-electron chi connectivity index (χ3n) is 7.57. The molecule has 0 unspecified atom stereocenters. The molecule has 6 aromatic carbocycles. The average molecular weight is 501 g/mol. The van der Waals surface area contributed by atoms with Gasteiger partial charge in [-0.05, 0) is 71.8 Å². The predicted octanol–water partition coefficient (Wildman–Crippen LogP) is 10.0. The van der Waals surface area contributed by atoms with E-state index in [0.29, 0.717) is 0 Å². The highest BCUT2D eigenvalue weighted by molar-refractivity contribution is 6.12. The van der Waals surface area contributed by atoms with E-state index in [4.69, 9.17) is 4.74 Å². The van der Waals surface area contributed by atoms with Crippen molar-refractivity contribution in [2.45, 2.75) is 0 Å². The van der Waals surface area contributed by atoms with Crippen molar-refractivity contribution in [2.24, 2.45) is 0 Å². The Hall–Kier alpha value is -5.28. The lowest BCUT2D eigenvalue weighted by atomic mass is 10.0. The normalized spacial score (nSPS) is 11.8. The van der Waals surface area contributed by atoms with Gasteiger partial charge in [-0.15, -0.1) is 0 Å². The van der Waals surface area contributed by atoms with Crippen LogP contribution < -0.4 is 9.64 Å². The van der Waals surface area contributed by atoms with Crippen LogP contribution in [0.15, 0.2) is 146 Å². The number of rotatable bonds is 4. The van der Waals surface area contributed by atoms with Gasteiger partial charge in [0.2, 0.25) is 0 Å². The van der Waals surface area contributed by atoms with Crippen molar-refractivity contribution >= 4 is 38.9 Å². The summed E-state index contributed by atoms with van der Waals surface area (Å²) in [5.74, 6) is 1.78. The molecule has 0 bridgehead atoms. The van der Waals surface area contributed by atoms with Crippen LogP contribution in [0.4, 0.5) is 17.1 Å². The molecule has 1 aromatic heterocycles. The SMILES string of the molecule is c1ccc(N(c2ccccc2)c2ccc(-c3ccc4c5cccc6c5n(c4c3)-c3ccccc3O6)cc2)cc1. The average Bonchev–Trinajstić information content (AvgIpc) is 3.34. The maximum Gasteiger partial charge on any atom is 0.152 e. The van der Waals surface area contributed by atoms with Crippen LogP contribution in [0.5, 0.6) is 11.5 Å². The molecule has 8 rings (SSSR count). The number of anilines is 3. The van der Waals surface area contributed by atoms with Crippen molar-refractivity contribution in [3.8, 4) is 28.3 Å². The molecule has 7 aromatic rings. The van der Waals surface area contributed by atoms with Crippen LogP contribution >= 0.6 is 0 Å². The van der Waals surface area contributed by atoms with E-state index >= 15 is 0 Å². The van der Waals surface area contributed by atoms with Crippen LogP contribution in [0.25, 0.3) is 38.6 Å². The molecule has 0 amide bonds. The summed E-state index contributed by atoms with van der Waals surface area (Å²) in [7, 11) is 0. The molecule has 0 saturated heterocycles. The third-order valence-corrected chi connectivity index (χ3v) is 7.57. The number of aromatic nitrogens is 1. The first-order chi connectivity index (χ1) is 19.3. The fraction of sp³-hybridized carbons (Fsp3) is 0. The van der Waals surface area contributed by atoms with Gasteiger partial charge in [0.1, 0.15) is 0 Å². The van der Waals surface area contributed by atoms with Crippen LogP contribution in [0.1, 0.15) is 0 Å². The van der Waals surface area contributed by atoms with E-state index in [9.17, 15) is 0 Å². The molecule has 3 heteroatoms. The molecule has 0 atom stereocenters. The molecule has 0 spiro atoms. The summed E-state index contributed by atoms with van der Waals surface area (Å²) >= 11 is 0. The molecule has 184 valence electrons. The fourth-order valence-corrected chi connectivity index (χ4v) is 5.80. The van der Waals surface area contributed by atoms with Crippen molar-refractivity contribution in [3.05, 3.63) is 146 Å². The number of ether oxygens (including phenoxy) is 1. The molecule has 39 heavy (non-hydrogen) atoms. The Morgan fingerprint density at radius 3 is 1.82 bits per heavy atom. The molecule has 1 aliphatic heterocycles. The third kappa shape index (κ3) is 3.44. The first-order valence-corrected chi connectivity index (χ1v) is 13.2. The van der Waals surface area contributed by atoms with Gasteiger partial charge in [0, 0.05) is 27.8 Å². The van der Waals surface area contributed by atoms with Crippen LogP contribution in [-0.2, 0) is 0 Å².